The van der Waals surface area contributed by atoms with Crippen molar-refractivity contribution in [2.75, 3.05) is 21.3 Å². The summed E-state index contributed by atoms with van der Waals surface area (Å²) in [5.74, 6) is 2.40. The third kappa shape index (κ3) is 2.23. The van der Waals surface area contributed by atoms with Crippen LogP contribution in [0.1, 0.15) is 0 Å². The predicted molar refractivity (Wildman–Crippen MR) is 116 cm³/mol. The summed E-state index contributed by atoms with van der Waals surface area (Å²) in [5, 5.41) is 9.38. The fourth-order valence-electron chi connectivity index (χ4n) is 4.29. The Hall–Kier alpha value is -3.46. The van der Waals surface area contributed by atoms with E-state index in [2.05, 4.69) is 48.5 Å². The molecule has 0 unspecified atom stereocenters. The van der Waals surface area contributed by atoms with Crippen molar-refractivity contribution in [3.05, 3.63) is 66.7 Å². The monoisotopic (exact) mass is 368 g/mol. The lowest BCUT2D eigenvalue weighted by atomic mass is 9.93. The zero-order valence-electron chi connectivity index (χ0n) is 16.1. The molecule has 5 aromatic rings. The van der Waals surface area contributed by atoms with E-state index >= 15 is 0 Å². The molecule has 3 nitrogen and oxygen atoms in total. The first kappa shape index (κ1) is 16.7. The maximum absolute atomic E-state index is 5.67. The summed E-state index contributed by atoms with van der Waals surface area (Å²) in [6.45, 7) is 0. The molecule has 0 saturated heterocycles. The van der Waals surface area contributed by atoms with E-state index in [1.165, 1.54) is 26.9 Å². The topological polar surface area (TPSA) is 27.7 Å². The predicted octanol–water partition coefficient (Wildman–Crippen LogP) is 6.33. The van der Waals surface area contributed by atoms with Crippen LogP contribution in [0.3, 0.4) is 0 Å². The number of methoxy groups -OCH3 is 3. The molecule has 0 atom stereocenters. The highest BCUT2D eigenvalue weighted by Gasteiger charge is 2.14. The lowest BCUT2D eigenvalue weighted by Crippen LogP contribution is -1.92. The van der Waals surface area contributed by atoms with Crippen LogP contribution in [0.2, 0.25) is 0 Å². The zero-order valence-corrected chi connectivity index (χ0v) is 16.1. The second-order valence-corrected chi connectivity index (χ2v) is 6.84. The molecule has 0 heterocycles. The summed E-state index contributed by atoms with van der Waals surface area (Å²) in [5.41, 5.74) is 0. The molecule has 0 aliphatic rings. The zero-order chi connectivity index (χ0) is 19.3. The van der Waals surface area contributed by atoms with Gasteiger partial charge < -0.3 is 14.2 Å². The first-order valence-corrected chi connectivity index (χ1v) is 9.22. The van der Waals surface area contributed by atoms with Crippen LogP contribution in [0, 0.1) is 0 Å². The van der Waals surface area contributed by atoms with Gasteiger partial charge in [0, 0.05) is 10.8 Å². The molecule has 0 fully saturated rings. The summed E-state index contributed by atoms with van der Waals surface area (Å²) >= 11 is 0. The maximum atomic E-state index is 5.67. The van der Waals surface area contributed by atoms with Crippen molar-refractivity contribution >= 4 is 43.1 Å². The highest BCUT2D eigenvalue weighted by Crippen LogP contribution is 2.42. The van der Waals surface area contributed by atoms with Crippen molar-refractivity contribution in [1.29, 1.82) is 0 Å². The molecule has 28 heavy (non-hydrogen) atoms. The molecule has 0 saturated carbocycles. The van der Waals surface area contributed by atoms with Crippen molar-refractivity contribution in [2.45, 2.75) is 0 Å². The van der Waals surface area contributed by atoms with Gasteiger partial charge in [0.2, 0.25) is 0 Å². The van der Waals surface area contributed by atoms with Gasteiger partial charge in [-0.2, -0.15) is 0 Å². The molecule has 0 aliphatic carbocycles. The Morgan fingerprint density at radius 2 is 1.07 bits per heavy atom. The minimum Gasteiger partial charge on any atom is -0.496 e. The van der Waals surface area contributed by atoms with E-state index in [0.29, 0.717) is 0 Å². The summed E-state index contributed by atoms with van der Waals surface area (Å²) in [4.78, 5) is 0. The van der Waals surface area contributed by atoms with Gasteiger partial charge in [-0.3, -0.25) is 0 Å². The first-order valence-electron chi connectivity index (χ1n) is 9.22. The highest BCUT2D eigenvalue weighted by atomic mass is 16.5. The maximum Gasteiger partial charge on any atom is 0.168 e. The first-order chi connectivity index (χ1) is 13.8. The van der Waals surface area contributed by atoms with Crippen LogP contribution in [-0.2, 0) is 0 Å². The number of hydrogen-bond donors (Lipinski definition) is 0. The SMILES string of the molecule is COc1ccc2c(ccc3ccc4c5cccc(OC)c5ccc4c32)c1OC. The van der Waals surface area contributed by atoms with Crippen molar-refractivity contribution in [2.24, 2.45) is 0 Å². The number of ether oxygens (including phenoxy) is 3. The summed E-state index contributed by atoms with van der Waals surface area (Å²) in [6.07, 6.45) is 0. The van der Waals surface area contributed by atoms with Crippen molar-refractivity contribution < 1.29 is 14.2 Å². The van der Waals surface area contributed by atoms with Gasteiger partial charge in [0.05, 0.1) is 21.3 Å². The molecule has 0 bridgehead atoms. The molecule has 0 spiro atoms. The Balaban J connectivity index is 1.98. The van der Waals surface area contributed by atoms with Gasteiger partial charge in [0.1, 0.15) is 5.75 Å². The molecular weight excluding hydrogens is 348 g/mol. The summed E-state index contributed by atoms with van der Waals surface area (Å²) in [6, 6.07) is 23.3. The molecule has 0 radical (unpaired) electrons. The minimum atomic E-state index is 0.741. The number of hydrogen-bond acceptors (Lipinski definition) is 3. The van der Waals surface area contributed by atoms with E-state index in [1.54, 1.807) is 21.3 Å². The van der Waals surface area contributed by atoms with Gasteiger partial charge >= 0.3 is 0 Å². The average Bonchev–Trinajstić information content (AvgIpc) is 2.76. The van der Waals surface area contributed by atoms with Gasteiger partial charge in [-0.15, -0.1) is 0 Å². The number of rotatable bonds is 3. The van der Waals surface area contributed by atoms with Gasteiger partial charge in [-0.05, 0) is 62.6 Å². The van der Waals surface area contributed by atoms with Crippen LogP contribution in [0.15, 0.2) is 66.7 Å². The molecular formula is C25H20O3. The minimum absolute atomic E-state index is 0.741. The second kappa shape index (κ2) is 6.31. The molecule has 0 N–H and O–H groups in total. The van der Waals surface area contributed by atoms with Gasteiger partial charge in [0.25, 0.3) is 0 Å². The van der Waals surface area contributed by atoms with E-state index in [1.807, 2.05) is 18.2 Å². The Kier molecular flexibility index (Phi) is 3.76. The standard InChI is InChI=1S/C25H20O3/c1-26-22-6-4-5-16-17-9-7-15-8-10-21-20(13-14-23(27-2)25(21)28-3)24(15)19(17)12-11-18(16)22/h4-14H,1-3H3. The van der Waals surface area contributed by atoms with E-state index in [0.717, 1.165) is 33.4 Å². The Morgan fingerprint density at radius 3 is 1.82 bits per heavy atom. The van der Waals surface area contributed by atoms with Crippen molar-refractivity contribution in [1.82, 2.24) is 0 Å². The van der Waals surface area contributed by atoms with Gasteiger partial charge in [0.15, 0.2) is 11.5 Å². The van der Waals surface area contributed by atoms with Crippen LogP contribution in [0.25, 0.3) is 43.1 Å². The van der Waals surface area contributed by atoms with Crippen LogP contribution in [0.4, 0.5) is 0 Å². The quantitative estimate of drug-likeness (QED) is 0.349. The molecule has 3 heteroatoms. The van der Waals surface area contributed by atoms with E-state index in [4.69, 9.17) is 14.2 Å². The molecule has 0 aromatic heterocycles. The molecule has 5 aromatic carbocycles. The molecule has 0 aliphatic heterocycles. The Bertz CT molecular complexity index is 1370. The normalized spacial score (nSPS) is 11.4. The Labute approximate surface area is 163 Å². The largest absolute Gasteiger partial charge is 0.496 e. The van der Waals surface area contributed by atoms with Crippen LogP contribution >= 0.6 is 0 Å². The smallest absolute Gasteiger partial charge is 0.168 e. The Morgan fingerprint density at radius 1 is 0.464 bits per heavy atom. The second-order valence-electron chi connectivity index (χ2n) is 6.84. The summed E-state index contributed by atoms with van der Waals surface area (Å²) < 4.78 is 16.7. The fraction of sp³-hybridized carbons (Fsp3) is 0.120. The van der Waals surface area contributed by atoms with Gasteiger partial charge in [-0.25, -0.2) is 0 Å². The number of fused-ring (bicyclic) bond motifs is 7. The molecule has 138 valence electrons. The third-order valence-corrected chi connectivity index (χ3v) is 5.55. The third-order valence-electron chi connectivity index (χ3n) is 5.55. The van der Waals surface area contributed by atoms with Gasteiger partial charge in [-0.1, -0.05) is 36.4 Å². The van der Waals surface area contributed by atoms with E-state index < -0.39 is 0 Å². The molecule has 0 amide bonds. The van der Waals surface area contributed by atoms with E-state index in [-0.39, 0.29) is 0 Å². The van der Waals surface area contributed by atoms with Crippen LogP contribution < -0.4 is 14.2 Å². The van der Waals surface area contributed by atoms with E-state index in [9.17, 15) is 0 Å². The summed E-state index contributed by atoms with van der Waals surface area (Å²) in [7, 11) is 5.07. The van der Waals surface area contributed by atoms with Crippen LogP contribution in [-0.4, -0.2) is 21.3 Å². The lowest BCUT2D eigenvalue weighted by Gasteiger charge is -2.15. The highest BCUT2D eigenvalue weighted by molar-refractivity contribution is 6.25. The number of benzene rings is 5. The lowest BCUT2D eigenvalue weighted by molar-refractivity contribution is 0.358. The fourth-order valence-corrected chi connectivity index (χ4v) is 4.29. The average molecular weight is 368 g/mol. The van der Waals surface area contributed by atoms with Crippen molar-refractivity contribution in [3.63, 3.8) is 0 Å². The van der Waals surface area contributed by atoms with Crippen molar-refractivity contribution in [3.8, 4) is 17.2 Å². The molecule has 5 rings (SSSR count). The van der Waals surface area contributed by atoms with Crippen LogP contribution in [0.5, 0.6) is 17.2 Å².